The van der Waals surface area contributed by atoms with E-state index < -0.39 is 0 Å². The summed E-state index contributed by atoms with van der Waals surface area (Å²) in [5.74, 6) is 1.75. The van der Waals surface area contributed by atoms with Crippen LogP contribution >= 0.6 is 11.3 Å². The smallest absolute Gasteiger partial charge is 0.230 e. The molecule has 1 saturated heterocycles. The third kappa shape index (κ3) is 3.17. The normalized spacial score (nSPS) is 16.8. The second-order valence-corrected chi connectivity index (χ2v) is 7.65. The van der Waals surface area contributed by atoms with Crippen LogP contribution in [0.2, 0.25) is 0 Å². The van der Waals surface area contributed by atoms with Crippen LogP contribution in [0.1, 0.15) is 48.5 Å². The number of fused-ring (bicyclic) bond motifs is 1. The topological polar surface area (TPSA) is 62.9 Å². The number of hydrogen-bond donors (Lipinski definition) is 1. The third-order valence-electron chi connectivity index (χ3n) is 4.82. The quantitative estimate of drug-likeness (QED) is 0.738. The highest BCUT2D eigenvalue weighted by Crippen LogP contribution is 2.41. The maximum atomic E-state index is 10.8. The number of aromatic nitrogens is 3. The molecular formula is C19H24N4O2S. The van der Waals surface area contributed by atoms with Crippen molar-refractivity contribution in [2.24, 2.45) is 0 Å². The van der Waals surface area contributed by atoms with E-state index in [1.807, 2.05) is 26.0 Å². The number of benzene rings is 1. The molecule has 26 heavy (non-hydrogen) atoms. The monoisotopic (exact) mass is 372 g/mol. The number of ether oxygens (including phenoxy) is 1. The molecule has 0 bridgehead atoms. The Morgan fingerprint density at radius 3 is 2.58 bits per heavy atom. The number of rotatable bonds is 5. The highest BCUT2D eigenvalue weighted by atomic mass is 32.1. The first-order valence-electron chi connectivity index (χ1n) is 9.19. The van der Waals surface area contributed by atoms with Crippen LogP contribution in [-0.2, 0) is 0 Å². The van der Waals surface area contributed by atoms with Crippen molar-refractivity contribution in [1.29, 1.82) is 0 Å². The molecule has 3 heterocycles. The van der Waals surface area contributed by atoms with Gasteiger partial charge in [0.2, 0.25) is 10.8 Å². The summed E-state index contributed by atoms with van der Waals surface area (Å²) in [6.07, 6.45) is 3.65. The van der Waals surface area contributed by atoms with E-state index in [0.717, 1.165) is 34.2 Å². The molecule has 1 aliphatic rings. The highest BCUT2D eigenvalue weighted by molar-refractivity contribution is 7.17. The van der Waals surface area contributed by atoms with E-state index in [0.29, 0.717) is 12.4 Å². The lowest BCUT2D eigenvalue weighted by atomic mass is 10.0. The van der Waals surface area contributed by atoms with Gasteiger partial charge >= 0.3 is 0 Å². The van der Waals surface area contributed by atoms with E-state index in [9.17, 15) is 5.11 Å². The largest absolute Gasteiger partial charge is 0.494 e. The molecule has 7 heteroatoms. The summed E-state index contributed by atoms with van der Waals surface area (Å²) in [4.78, 5) is 8.53. The van der Waals surface area contributed by atoms with Crippen LogP contribution in [0, 0.1) is 6.92 Å². The number of hydrogen-bond acceptors (Lipinski definition) is 6. The van der Waals surface area contributed by atoms with Crippen molar-refractivity contribution >= 4 is 16.3 Å². The molecule has 2 aromatic heterocycles. The highest BCUT2D eigenvalue weighted by Gasteiger charge is 2.30. The van der Waals surface area contributed by atoms with Crippen molar-refractivity contribution in [2.75, 3.05) is 19.7 Å². The number of aromatic hydroxyl groups is 1. The number of likely N-dealkylation sites (tertiary alicyclic amines) is 1. The molecule has 0 spiro atoms. The molecule has 0 unspecified atom stereocenters. The molecule has 4 rings (SSSR count). The molecule has 1 atom stereocenters. The third-order valence-corrected chi connectivity index (χ3v) is 5.89. The van der Waals surface area contributed by atoms with Crippen LogP contribution in [0.4, 0.5) is 0 Å². The fourth-order valence-electron chi connectivity index (χ4n) is 3.64. The van der Waals surface area contributed by atoms with Gasteiger partial charge in [0.1, 0.15) is 11.6 Å². The summed E-state index contributed by atoms with van der Waals surface area (Å²) in [6.45, 7) is 6.54. The zero-order valence-electron chi connectivity index (χ0n) is 15.2. The van der Waals surface area contributed by atoms with E-state index in [1.54, 1.807) is 4.52 Å². The van der Waals surface area contributed by atoms with E-state index in [4.69, 9.17) is 4.74 Å². The standard InChI is InChI=1S/C19H24N4O2S/c1-3-25-15-9-7-14(8-10-15)16(22-11-5-4-6-12-22)17-18(24)23-19(26-17)20-13(2)21-23/h7-10,16,24H,3-6,11-12H2,1-2H3/t16-/m0/s1. The summed E-state index contributed by atoms with van der Waals surface area (Å²) in [5, 5.41) is 15.1. The van der Waals surface area contributed by atoms with Crippen LogP contribution in [0.25, 0.3) is 4.96 Å². The van der Waals surface area contributed by atoms with Crippen LogP contribution in [0.15, 0.2) is 24.3 Å². The molecule has 1 N–H and O–H groups in total. The van der Waals surface area contributed by atoms with Gasteiger partial charge in [-0.25, -0.2) is 4.98 Å². The first-order valence-corrected chi connectivity index (χ1v) is 10.0. The Hall–Kier alpha value is -2.12. The molecule has 0 saturated carbocycles. The maximum absolute atomic E-state index is 10.8. The molecule has 0 aliphatic carbocycles. The SMILES string of the molecule is CCOc1ccc([C@@H](c2sc3nc(C)nn3c2O)N2CCCCC2)cc1. The van der Waals surface area contributed by atoms with Gasteiger partial charge in [0.25, 0.3) is 0 Å². The average Bonchev–Trinajstić information content (AvgIpc) is 3.16. The predicted octanol–water partition coefficient (Wildman–Crippen LogP) is 3.78. The number of piperidine rings is 1. The van der Waals surface area contributed by atoms with Crippen LogP contribution < -0.4 is 4.74 Å². The first kappa shape index (κ1) is 17.3. The van der Waals surface area contributed by atoms with Gasteiger partial charge in [-0.15, -0.1) is 5.10 Å². The Kier molecular flexibility index (Phi) is 4.82. The molecular weight excluding hydrogens is 348 g/mol. The number of nitrogens with zero attached hydrogens (tertiary/aromatic N) is 4. The zero-order chi connectivity index (χ0) is 18.1. The Balaban J connectivity index is 1.76. The molecule has 1 aromatic carbocycles. The lowest BCUT2D eigenvalue weighted by molar-refractivity contribution is 0.186. The summed E-state index contributed by atoms with van der Waals surface area (Å²) < 4.78 is 7.14. The fraction of sp³-hybridized carbons (Fsp3) is 0.474. The van der Waals surface area contributed by atoms with Crippen molar-refractivity contribution in [3.05, 3.63) is 40.5 Å². The molecule has 0 radical (unpaired) electrons. The van der Waals surface area contributed by atoms with Gasteiger partial charge in [-0.3, -0.25) is 4.90 Å². The minimum atomic E-state index is 0.0137. The lowest BCUT2D eigenvalue weighted by Gasteiger charge is -2.34. The van der Waals surface area contributed by atoms with Crippen molar-refractivity contribution < 1.29 is 9.84 Å². The molecule has 3 aromatic rings. The second-order valence-electron chi connectivity index (χ2n) is 6.64. The summed E-state index contributed by atoms with van der Waals surface area (Å²) >= 11 is 1.52. The van der Waals surface area contributed by atoms with Gasteiger partial charge in [-0.1, -0.05) is 29.9 Å². The molecule has 1 fully saturated rings. The van der Waals surface area contributed by atoms with Crippen molar-refractivity contribution in [2.45, 2.75) is 39.2 Å². The molecule has 1 aliphatic heterocycles. The number of aryl methyl sites for hydroxylation is 1. The van der Waals surface area contributed by atoms with Gasteiger partial charge in [0.15, 0.2) is 0 Å². The Labute approximate surface area is 157 Å². The lowest BCUT2D eigenvalue weighted by Crippen LogP contribution is -2.34. The molecule has 0 amide bonds. The first-order chi connectivity index (χ1) is 12.7. The van der Waals surface area contributed by atoms with E-state index in [2.05, 4.69) is 27.1 Å². The van der Waals surface area contributed by atoms with Gasteiger partial charge in [-0.05, 0) is 57.5 Å². The van der Waals surface area contributed by atoms with Crippen molar-refractivity contribution in [3.63, 3.8) is 0 Å². The van der Waals surface area contributed by atoms with Crippen LogP contribution in [0.5, 0.6) is 11.6 Å². The Morgan fingerprint density at radius 2 is 1.92 bits per heavy atom. The van der Waals surface area contributed by atoms with Gasteiger partial charge in [0.05, 0.1) is 17.5 Å². The summed E-state index contributed by atoms with van der Waals surface area (Å²) in [5.41, 5.74) is 1.16. The molecule has 138 valence electrons. The Morgan fingerprint density at radius 1 is 1.19 bits per heavy atom. The van der Waals surface area contributed by atoms with Gasteiger partial charge < -0.3 is 9.84 Å². The Bertz CT molecular complexity index is 881. The summed E-state index contributed by atoms with van der Waals surface area (Å²) in [7, 11) is 0. The number of thiazole rings is 1. The minimum Gasteiger partial charge on any atom is -0.494 e. The predicted molar refractivity (Wildman–Crippen MR) is 102 cm³/mol. The molecule has 6 nitrogen and oxygen atoms in total. The minimum absolute atomic E-state index is 0.0137. The fourth-order valence-corrected chi connectivity index (χ4v) is 4.81. The maximum Gasteiger partial charge on any atom is 0.230 e. The zero-order valence-corrected chi connectivity index (χ0v) is 16.0. The second kappa shape index (κ2) is 7.25. The van der Waals surface area contributed by atoms with Crippen LogP contribution in [0.3, 0.4) is 0 Å². The van der Waals surface area contributed by atoms with E-state index in [1.165, 1.54) is 30.6 Å². The van der Waals surface area contributed by atoms with Gasteiger partial charge in [-0.2, -0.15) is 4.52 Å². The van der Waals surface area contributed by atoms with Crippen molar-refractivity contribution in [3.8, 4) is 11.6 Å². The van der Waals surface area contributed by atoms with Crippen LogP contribution in [-0.4, -0.2) is 44.3 Å². The van der Waals surface area contributed by atoms with E-state index in [-0.39, 0.29) is 11.9 Å². The van der Waals surface area contributed by atoms with E-state index >= 15 is 0 Å². The van der Waals surface area contributed by atoms with Gasteiger partial charge in [0, 0.05) is 0 Å². The summed E-state index contributed by atoms with van der Waals surface area (Å²) in [6, 6.07) is 8.23. The average molecular weight is 372 g/mol. The van der Waals surface area contributed by atoms with Crippen molar-refractivity contribution in [1.82, 2.24) is 19.5 Å².